The third-order valence-electron chi connectivity index (χ3n) is 2.01. The monoisotopic (exact) mass is 290 g/mol. The van der Waals surface area contributed by atoms with E-state index >= 15 is 0 Å². The highest BCUT2D eigenvalue weighted by atomic mass is 79.9. The second kappa shape index (κ2) is 4.41. The van der Waals surface area contributed by atoms with Gasteiger partial charge in [0.05, 0.1) is 5.88 Å². The minimum absolute atomic E-state index is 0.116. The number of ketones is 1. The number of Topliss-reactive ketones (excluding diaryl/α,β-unsaturated/α-hetero) is 1. The fourth-order valence-corrected chi connectivity index (χ4v) is 1.91. The van der Waals surface area contributed by atoms with E-state index in [2.05, 4.69) is 15.9 Å². The lowest BCUT2D eigenvalue weighted by Crippen LogP contribution is -2.12. The smallest absolute Gasteiger partial charge is 0.221 e. The molecule has 1 heterocycles. The van der Waals surface area contributed by atoms with Crippen molar-refractivity contribution in [3.05, 3.63) is 23.8 Å². The van der Waals surface area contributed by atoms with Crippen molar-refractivity contribution in [1.82, 2.24) is 0 Å². The van der Waals surface area contributed by atoms with Gasteiger partial charge in [0.25, 0.3) is 0 Å². The summed E-state index contributed by atoms with van der Waals surface area (Å²) < 4.78 is 10.7. The van der Waals surface area contributed by atoms with Crippen LogP contribution in [0.25, 0.3) is 0 Å². The van der Waals surface area contributed by atoms with Crippen LogP contribution in [0.15, 0.2) is 18.2 Å². The molecule has 5 heteroatoms. The molecule has 1 aliphatic heterocycles. The number of fused-ring (bicyclic) bond motifs is 1. The zero-order valence-corrected chi connectivity index (χ0v) is 10.0. The summed E-state index contributed by atoms with van der Waals surface area (Å²) in [5, 5.41) is -0.603. The van der Waals surface area contributed by atoms with Crippen LogP contribution in [-0.2, 0) is 0 Å². The summed E-state index contributed by atoms with van der Waals surface area (Å²) >= 11 is 8.65. The molecule has 1 aromatic rings. The van der Waals surface area contributed by atoms with Crippen LogP contribution in [0, 0.1) is 0 Å². The van der Waals surface area contributed by atoms with Gasteiger partial charge in [0.1, 0.15) is 23.7 Å². The lowest BCUT2D eigenvalue weighted by molar-refractivity contribution is 0.0940. The van der Waals surface area contributed by atoms with Gasteiger partial charge in [0.15, 0.2) is 0 Å². The van der Waals surface area contributed by atoms with Gasteiger partial charge in [-0.2, -0.15) is 0 Å². The molecule has 0 saturated heterocycles. The van der Waals surface area contributed by atoms with Crippen molar-refractivity contribution in [3.8, 4) is 11.5 Å². The molecule has 0 bridgehead atoms. The Balaban J connectivity index is 2.34. The number of alkyl halides is 2. The first-order chi connectivity index (χ1) is 7.24. The summed E-state index contributed by atoms with van der Waals surface area (Å²) in [5.41, 5.74) is 0.490. The predicted octanol–water partition coefficient (Wildman–Crippen LogP) is 2.60. The van der Waals surface area contributed by atoms with E-state index in [1.807, 2.05) is 0 Å². The van der Waals surface area contributed by atoms with Crippen molar-refractivity contribution in [2.45, 2.75) is 5.01 Å². The number of hydrogen-bond acceptors (Lipinski definition) is 3. The highest BCUT2D eigenvalue weighted by Gasteiger charge is 2.33. The van der Waals surface area contributed by atoms with Gasteiger partial charge >= 0.3 is 0 Å². The van der Waals surface area contributed by atoms with Gasteiger partial charge in [-0.3, -0.25) is 4.79 Å². The van der Waals surface area contributed by atoms with Crippen molar-refractivity contribution < 1.29 is 14.3 Å². The molecule has 15 heavy (non-hydrogen) atoms. The third kappa shape index (κ3) is 1.96. The molecule has 0 N–H and O–H groups in total. The molecule has 1 aliphatic rings. The van der Waals surface area contributed by atoms with Crippen LogP contribution < -0.4 is 9.47 Å². The van der Waals surface area contributed by atoms with E-state index in [0.29, 0.717) is 29.5 Å². The molecule has 1 atom stereocenters. The van der Waals surface area contributed by atoms with Gasteiger partial charge in [0, 0.05) is 0 Å². The molecule has 0 radical (unpaired) electrons. The summed E-state index contributed by atoms with van der Waals surface area (Å²) in [4.78, 5) is 11.7. The quantitative estimate of drug-likeness (QED) is 0.803. The second-order valence-corrected chi connectivity index (χ2v) is 4.17. The molecular formula is C10H8BrClO3. The topological polar surface area (TPSA) is 35.5 Å². The molecule has 1 aromatic carbocycles. The summed E-state index contributed by atoms with van der Waals surface area (Å²) in [7, 11) is 0. The average molecular weight is 292 g/mol. The summed E-state index contributed by atoms with van der Waals surface area (Å²) in [6.07, 6.45) is 0. The molecule has 80 valence electrons. The molecule has 0 aliphatic carbocycles. The molecular weight excluding hydrogens is 283 g/mol. The van der Waals surface area contributed by atoms with Crippen LogP contribution in [0.4, 0.5) is 0 Å². The molecule has 0 aromatic heterocycles. The van der Waals surface area contributed by atoms with Gasteiger partial charge in [0.2, 0.25) is 10.8 Å². The van der Waals surface area contributed by atoms with Crippen molar-refractivity contribution in [2.75, 3.05) is 12.5 Å². The van der Waals surface area contributed by atoms with Gasteiger partial charge in [-0.05, 0) is 28.1 Å². The molecule has 3 nitrogen and oxygen atoms in total. The zero-order valence-electron chi connectivity index (χ0n) is 7.70. The Bertz CT molecular complexity index is 394. The highest BCUT2D eigenvalue weighted by Crippen LogP contribution is 2.37. The SMILES string of the molecule is O=C1c2c(OCCCl)cccc2OC1Br. The first kappa shape index (κ1) is 10.8. The molecule has 1 unspecified atom stereocenters. The number of rotatable bonds is 3. The minimum atomic E-state index is -0.603. The number of halogens is 2. The average Bonchev–Trinajstić information content (AvgIpc) is 2.53. The van der Waals surface area contributed by atoms with Crippen molar-refractivity contribution >= 4 is 33.3 Å². The molecule has 0 spiro atoms. The standard InChI is InChI=1S/C10H8BrClO3/c11-10-9(13)8-6(14-5-4-12)2-1-3-7(8)15-10/h1-3,10H,4-5H2. The molecule has 0 saturated carbocycles. The van der Waals surface area contributed by atoms with Crippen LogP contribution in [0.1, 0.15) is 10.4 Å². The van der Waals surface area contributed by atoms with Crippen LogP contribution in [0.3, 0.4) is 0 Å². The maximum Gasteiger partial charge on any atom is 0.221 e. The molecule has 0 fully saturated rings. The van der Waals surface area contributed by atoms with Gasteiger partial charge in [-0.25, -0.2) is 0 Å². The van der Waals surface area contributed by atoms with E-state index in [-0.39, 0.29) is 5.78 Å². The number of hydrogen-bond donors (Lipinski definition) is 0. The Morgan fingerprint density at radius 1 is 1.53 bits per heavy atom. The lowest BCUT2D eigenvalue weighted by atomic mass is 10.1. The fourth-order valence-electron chi connectivity index (χ4n) is 1.40. The lowest BCUT2D eigenvalue weighted by Gasteiger charge is -2.06. The Morgan fingerprint density at radius 2 is 2.33 bits per heavy atom. The van der Waals surface area contributed by atoms with Gasteiger partial charge in [-0.1, -0.05) is 6.07 Å². The second-order valence-electron chi connectivity index (χ2n) is 2.96. The largest absolute Gasteiger partial charge is 0.491 e. The molecule has 2 rings (SSSR count). The Morgan fingerprint density at radius 3 is 3.07 bits per heavy atom. The van der Waals surface area contributed by atoms with Gasteiger partial charge in [-0.15, -0.1) is 11.6 Å². The normalized spacial score (nSPS) is 18.5. The van der Waals surface area contributed by atoms with Crippen LogP contribution in [0.5, 0.6) is 11.5 Å². The van der Waals surface area contributed by atoms with E-state index in [1.54, 1.807) is 18.2 Å². The van der Waals surface area contributed by atoms with Crippen LogP contribution in [0.2, 0.25) is 0 Å². The van der Waals surface area contributed by atoms with Crippen molar-refractivity contribution in [2.24, 2.45) is 0 Å². The first-order valence-electron chi connectivity index (χ1n) is 4.40. The minimum Gasteiger partial charge on any atom is -0.491 e. The maximum atomic E-state index is 11.7. The summed E-state index contributed by atoms with van der Waals surface area (Å²) in [6.45, 7) is 0.373. The number of carbonyl (C=O) groups is 1. The Kier molecular flexibility index (Phi) is 3.17. The van der Waals surface area contributed by atoms with E-state index in [0.717, 1.165) is 0 Å². The maximum absolute atomic E-state index is 11.7. The van der Waals surface area contributed by atoms with E-state index < -0.39 is 5.01 Å². The Labute approximate surface area is 100 Å². The third-order valence-corrected chi connectivity index (χ3v) is 2.76. The number of benzene rings is 1. The Hall–Kier alpha value is -0.740. The number of ether oxygens (including phenoxy) is 2. The summed E-state index contributed by atoms with van der Waals surface area (Å²) in [5.74, 6) is 1.35. The van der Waals surface area contributed by atoms with Crippen molar-refractivity contribution in [3.63, 3.8) is 0 Å². The van der Waals surface area contributed by atoms with Crippen LogP contribution >= 0.6 is 27.5 Å². The van der Waals surface area contributed by atoms with Crippen LogP contribution in [-0.4, -0.2) is 23.3 Å². The molecule has 0 amide bonds. The predicted molar refractivity (Wildman–Crippen MR) is 60.3 cm³/mol. The zero-order chi connectivity index (χ0) is 10.8. The van der Waals surface area contributed by atoms with E-state index in [9.17, 15) is 4.79 Å². The fraction of sp³-hybridized carbons (Fsp3) is 0.300. The van der Waals surface area contributed by atoms with Gasteiger partial charge < -0.3 is 9.47 Å². The number of carbonyl (C=O) groups excluding carboxylic acids is 1. The van der Waals surface area contributed by atoms with E-state index in [1.165, 1.54) is 0 Å². The highest BCUT2D eigenvalue weighted by molar-refractivity contribution is 9.09. The summed E-state index contributed by atoms with van der Waals surface area (Å²) in [6, 6.07) is 5.25. The first-order valence-corrected chi connectivity index (χ1v) is 5.86. The van der Waals surface area contributed by atoms with E-state index in [4.69, 9.17) is 21.1 Å². The van der Waals surface area contributed by atoms with Crippen molar-refractivity contribution in [1.29, 1.82) is 0 Å².